The van der Waals surface area contributed by atoms with Crippen molar-refractivity contribution in [2.75, 3.05) is 13.2 Å². The first-order chi connectivity index (χ1) is 6.25. The topological polar surface area (TPSA) is 21.3 Å². The second kappa shape index (κ2) is 4.09. The van der Waals surface area contributed by atoms with Crippen LogP contribution < -0.4 is 5.32 Å². The van der Waals surface area contributed by atoms with Crippen molar-refractivity contribution in [1.29, 1.82) is 0 Å². The highest BCUT2D eigenvalue weighted by molar-refractivity contribution is 9.11. The Bertz CT molecular complexity index is 285. The van der Waals surface area contributed by atoms with Crippen molar-refractivity contribution >= 4 is 27.3 Å². The van der Waals surface area contributed by atoms with Gasteiger partial charge < -0.3 is 10.1 Å². The Hall–Kier alpha value is 0.1000. The lowest BCUT2D eigenvalue weighted by atomic mass is 10.2. The Balaban J connectivity index is 1.92. The van der Waals surface area contributed by atoms with Gasteiger partial charge in [-0.25, -0.2) is 0 Å². The molecule has 13 heavy (non-hydrogen) atoms. The molecule has 0 aliphatic carbocycles. The summed E-state index contributed by atoms with van der Waals surface area (Å²) < 4.78 is 6.30. The SMILES string of the molecule is C[C@H](NC1COC1)c1ccc(Br)s1. The molecule has 1 aliphatic rings. The van der Waals surface area contributed by atoms with Crippen LogP contribution in [0.15, 0.2) is 15.9 Å². The van der Waals surface area contributed by atoms with Gasteiger partial charge in [0.15, 0.2) is 0 Å². The lowest BCUT2D eigenvalue weighted by molar-refractivity contribution is -0.00909. The number of halogens is 1. The Morgan fingerprint density at radius 1 is 1.62 bits per heavy atom. The van der Waals surface area contributed by atoms with Crippen LogP contribution >= 0.6 is 27.3 Å². The molecule has 2 rings (SSSR count). The van der Waals surface area contributed by atoms with Crippen LogP contribution in [0, 0.1) is 0 Å². The molecule has 0 saturated carbocycles. The quantitative estimate of drug-likeness (QED) is 0.903. The Labute approximate surface area is 90.4 Å². The minimum Gasteiger partial charge on any atom is -0.378 e. The van der Waals surface area contributed by atoms with Crippen LogP contribution in [-0.2, 0) is 4.74 Å². The molecule has 0 bridgehead atoms. The monoisotopic (exact) mass is 261 g/mol. The number of rotatable bonds is 3. The molecular weight excluding hydrogens is 250 g/mol. The Morgan fingerprint density at radius 3 is 2.85 bits per heavy atom. The summed E-state index contributed by atoms with van der Waals surface area (Å²) in [6.45, 7) is 3.91. The van der Waals surface area contributed by atoms with Crippen molar-refractivity contribution in [2.24, 2.45) is 0 Å². The van der Waals surface area contributed by atoms with E-state index in [4.69, 9.17) is 4.74 Å². The summed E-state index contributed by atoms with van der Waals surface area (Å²) in [5.74, 6) is 0. The fourth-order valence-corrected chi connectivity index (χ4v) is 2.76. The summed E-state index contributed by atoms with van der Waals surface area (Å²) in [4.78, 5) is 1.37. The molecule has 0 radical (unpaired) electrons. The lowest BCUT2D eigenvalue weighted by Crippen LogP contribution is -2.46. The van der Waals surface area contributed by atoms with Gasteiger partial charge in [0.25, 0.3) is 0 Å². The van der Waals surface area contributed by atoms with Crippen LogP contribution in [0.2, 0.25) is 0 Å². The molecule has 1 aliphatic heterocycles. The molecule has 1 aromatic rings. The molecule has 4 heteroatoms. The molecule has 2 nitrogen and oxygen atoms in total. The van der Waals surface area contributed by atoms with Crippen molar-refractivity contribution in [3.63, 3.8) is 0 Å². The zero-order valence-electron chi connectivity index (χ0n) is 7.42. The summed E-state index contributed by atoms with van der Waals surface area (Å²) in [6.07, 6.45) is 0. The van der Waals surface area contributed by atoms with Gasteiger partial charge in [-0.2, -0.15) is 0 Å². The third-order valence-electron chi connectivity index (χ3n) is 2.14. The molecule has 1 N–H and O–H groups in total. The van der Waals surface area contributed by atoms with Gasteiger partial charge in [0, 0.05) is 10.9 Å². The zero-order chi connectivity index (χ0) is 9.26. The third-order valence-corrected chi connectivity index (χ3v) is 3.95. The van der Waals surface area contributed by atoms with Gasteiger partial charge in [-0.05, 0) is 35.0 Å². The normalized spacial score (nSPS) is 19.8. The maximum absolute atomic E-state index is 5.11. The minimum atomic E-state index is 0.435. The molecule has 1 atom stereocenters. The number of hydrogen-bond acceptors (Lipinski definition) is 3. The molecule has 0 spiro atoms. The van der Waals surface area contributed by atoms with E-state index >= 15 is 0 Å². The highest BCUT2D eigenvalue weighted by atomic mass is 79.9. The first kappa shape index (κ1) is 9.65. The maximum Gasteiger partial charge on any atom is 0.0701 e. The van der Waals surface area contributed by atoms with Gasteiger partial charge >= 0.3 is 0 Å². The van der Waals surface area contributed by atoms with E-state index in [1.54, 1.807) is 11.3 Å². The van der Waals surface area contributed by atoms with Crippen molar-refractivity contribution in [3.05, 3.63) is 20.8 Å². The first-order valence-electron chi connectivity index (χ1n) is 4.35. The van der Waals surface area contributed by atoms with Crippen LogP contribution in [0.1, 0.15) is 17.8 Å². The summed E-state index contributed by atoms with van der Waals surface area (Å²) in [7, 11) is 0. The second-order valence-electron chi connectivity index (χ2n) is 3.26. The second-order valence-corrected chi connectivity index (χ2v) is 5.76. The first-order valence-corrected chi connectivity index (χ1v) is 5.95. The average molecular weight is 262 g/mol. The van der Waals surface area contributed by atoms with Gasteiger partial charge in [-0.15, -0.1) is 11.3 Å². The number of ether oxygens (including phenoxy) is 1. The molecule has 0 aromatic carbocycles. The summed E-state index contributed by atoms with van der Waals surface area (Å²) >= 11 is 5.25. The van der Waals surface area contributed by atoms with E-state index in [1.165, 1.54) is 8.66 Å². The maximum atomic E-state index is 5.11. The van der Waals surface area contributed by atoms with Crippen LogP contribution in [0.4, 0.5) is 0 Å². The average Bonchev–Trinajstić information content (AvgIpc) is 2.44. The molecule has 72 valence electrons. The predicted molar refractivity (Wildman–Crippen MR) is 58.2 cm³/mol. The fraction of sp³-hybridized carbons (Fsp3) is 0.556. The van der Waals surface area contributed by atoms with Gasteiger partial charge in [-0.1, -0.05) is 0 Å². The van der Waals surface area contributed by atoms with Crippen molar-refractivity contribution in [3.8, 4) is 0 Å². The number of hydrogen-bond donors (Lipinski definition) is 1. The van der Waals surface area contributed by atoms with E-state index in [0.29, 0.717) is 12.1 Å². The molecule has 0 amide bonds. The highest BCUT2D eigenvalue weighted by Gasteiger charge is 2.20. The molecular formula is C9H12BrNOS. The number of thiophene rings is 1. The predicted octanol–water partition coefficient (Wildman–Crippen LogP) is 2.56. The molecule has 2 heterocycles. The molecule has 0 unspecified atom stereocenters. The van der Waals surface area contributed by atoms with Crippen molar-refractivity contribution in [1.82, 2.24) is 5.32 Å². The minimum absolute atomic E-state index is 0.435. The summed E-state index contributed by atoms with van der Waals surface area (Å²) in [6, 6.07) is 5.24. The highest BCUT2D eigenvalue weighted by Crippen LogP contribution is 2.27. The standard InChI is InChI=1S/C9H12BrNOS/c1-6(11-7-4-12-5-7)8-2-3-9(10)13-8/h2-3,6-7,11H,4-5H2,1H3/t6-/m0/s1. The summed E-state index contributed by atoms with van der Waals surface area (Å²) in [5, 5.41) is 3.51. The largest absolute Gasteiger partial charge is 0.378 e. The van der Waals surface area contributed by atoms with Crippen LogP contribution in [0.5, 0.6) is 0 Å². The molecule has 1 aromatic heterocycles. The van der Waals surface area contributed by atoms with Crippen LogP contribution in [0.3, 0.4) is 0 Å². The summed E-state index contributed by atoms with van der Waals surface area (Å²) in [5.41, 5.74) is 0. The van der Waals surface area contributed by atoms with E-state index in [1.807, 2.05) is 0 Å². The van der Waals surface area contributed by atoms with E-state index in [2.05, 4.69) is 40.3 Å². The Kier molecular flexibility index (Phi) is 3.03. The van der Waals surface area contributed by atoms with Crippen LogP contribution in [-0.4, -0.2) is 19.3 Å². The van der Waals surface area contributed by atoms with Crippen molar-refractivity contribution < 1.29 is 4.74 Å². The number of nitrogens with one attached hydrogen (secondary N) is 1. The molecule has 1 fully saturated rings. The lowest BCUT2D eigenvalue weighted by Gasteiger charge is -2.29. The van der Waals surface area contributed by atoms with E-state index in [-0.39, 0.29) is 0 Å². The van der Waals surface area contributed by atoms with Gasteiger partial charge in [-0.3, -0.25) is 0 Å². The van der Waals surface area contributed by atoms with Crippen molar-refractivity contribution in [2.45, 2.75) is 19.0 Å². The van der Waals surface area contributed by atoms with Gasteiger partial charge in [0.05, 0.1) is 23.0 Å². The van der Waals surface area contributed by atoms with E-state index in [9.17, 15) is 0 Å². The van der Waals surface area contributed by atoms with E-state index in [0.717, 1.165) is 13.2 Å². The molecule has 1 saturated heterocycles. The Morgan fingerprint density at radius 2 is 2.38 bits per heavy atom. The van der Waals surface area contributed by atoms with Gasteiger partial charge in [0.2, 0.25) is 0 Å². The smallest absolute Gasteiger partial charge is 0.0701 e. The van der Waals surface area contributed by atoms with Gasteiger partial charge in [0.1, 0.15) is 0 Å². The fourth-order valence-electron chi connectivity index (χ4n) is 1.33. The van der Waals surface area contributed by atoms with E-state index < -0.39 is 0 Å². The zero-order valence-corrected chi connectivity index (χ0v) is 9.82. The third kappa shape index (κ3) is 2.31. The van der Waals surface area contributed by atoms with Crippen LogP contribution in [0.25, 0.3) is 0 Å².